The zero-order chi connectivity index (χ0) is 43.3. The lowest BCUT2D eigenvalue weighted by Crippen LogP contribution is -2.32. The van der Waals surface area contributed by atoms with Crippen molar-refractivity contribution < 1.29 is 25.3 Å². The van der Waals surface area contributed by atoms with Crippen LogP contribution in [0.1, 0.15) is 42.8 Å². The Morgan fingerprint density at radius 2 is 1.07 bits per heavy atom. The van der Waals surface area contributed by atoms with Crippen LogP contribution in [0.5, 0.6) is 11.5 Å². The van der Waals surface area contributed by atoms with Crippen molar-refractivity contribution in [2.45, 2.75) is 5.41 Å². The van der Waals surface area contributed by atoms with Crippen LogP contribution >= 0.6 is 0 Å². The molecule has 0 amide bonds. The lowest BCUT2D eigenvalue weighted by molar-refractivity contribution is 0.436. The second-order valence-corrected chi connectivity index (χ2v) is 11.3. The van der Waals surface area contributed by atoms with Gasteiger partial charge in [0.15, 0.2) is 0 Å². The fraction of sp³-hybridized carbons (Fsp3) is 0.0222. The molecular formula is C45H28O. The largest absolute Gasteiger partial charge is 0.457 e. The van der Waals surface area contributed by atoms with Crippen molar-refractivity contribution in [1.82, 2.24) is 0 Å². The van der Waals surface area contributed by atoms with E-state index >= 15 is 0 Å². The van der Waals surface area contributed by atoms with E-state index in [4.69, 9.17) is 17.1 Å². The molecule has 0 aromatic heterocycles. The van der Waals surface area contributed by atoms with Crippen molar-refractivity contribution in [3.05, 3.63) is 192 Å². The van der Waals surface area contributed by atoms with E-state index in [9.17, 15) is 8.22 Å². The van der Waals surface area contributed by atoms with Crippen LogP contribution in [0.15, 0.2) is 169 Å². The van der Waals surface area contributed by atoms with E-state index in [0.29, 0.717) is 5.56 Å². The normalized spacial score (nSPS) is 18.1. The van der Waals surface area contributed by atoms with Gasteiger partial charge in [-0.25, -0.2) is 0 Å². The van der Waals surface area contributed by atoms with Crippen LogP contribution in [0.3, 0.4) is 0 Å². The van der Waals surface area contributed by atoms with Gasteiger partial charge >= 0.3 is 0 Å². The molecule has 2 aliphatic rings. The molecule has 214 valence electrons. The Bertz CT molecular complexity index is 3270. The van der Waals surface area contributed by atoms with Gasteiger partial charge in [-0.1, -0.05) is 151 Å². The third kappa shape index (κ3) is 3.40. The van der Waals surface area contributed by atoms with Crippen LogP contribution in [0, 0.1) is 0 Å². The average Bonchev–Trinajstić information content (AvgIpc) is 3.57. The van der Waals surface area contributed by atoms with Crippen LogP contribution in [0.25, 0.3) is 54.9 Å². The van der Waals surface area contributed by atoms with Crippen molar-refractivity contribution in [1.29, 1.82) is 0 Å². The van der Waals surface area contributed by atoms with Gasteiger partial charge in [-0.15, -0.1) is 0 Å². The van der Waals surface area contributed by atoms with Gasteiger partial charge in [0, 0.05) is 11.1 Å². The van der Waals surface area contributed by atoms with Crippen molar-refractivity contribution >= 4 is 21.5 Å². The molecule has 0 atom stereocenters. The fourth-order valence-electron chi connectivity index (χ4n) is 7.04. The number of benzene rings is 8. The maximum Gasteiger partial charge on any atom is 0.132 e. The highest BCUT2D eigenvalue weighted by atomic mass is 16.5. The fourth-order valence-corrected chi connectivity index (χ4v) is 7.04. The van der Waals surface area contributed by atoms with Gasteiger partial charge in [-0.05, 0) is 84.2 Å². The summed E-state index contributed by atoms with van der Waals surface area (Å²) < 4.78 is 143. The molecule has 1 aliphatic carbocycles. The summed E-state index contributed by atoms with van der Waals surface area (Å²) >= 11 is 0. The molecule has 46 heavy (non-hydrogen) atoms. The number of rotatable bonds is 2. The molecule has 1 heterocycles. The predicted molar refractivity (Wildman–Crippen MR) is 190 cm³/mol. The summed E-state index contributed by atoms with van der Waals surface area (Å²) in [5.41, 5.74) is -2.96. The second-order valence-electron chi connectivity index (χ2n) is 11.3. The highest BCUT2D eigenvalue weighted by Gasteiger charge is 2.50. The number of hydrogen-bond donors (Lipinski definition) is 0. The van der Waals surface area contributed by atoms with Crippen molar-refractivity contribution in [2.75, 3.05) is 0 Å². The highest BCUT2D eigenvalue weighted by molar-refractivity contribution is 6.12. The van der Waals surface area contributed by atoms with Crippen molar-refractivity contribution in [3.63, 3.8) is 0 Å². The summed E-state index contributed by atoms with van der Waals surface area (Å²) in [7, 11) is 0. The van der Waals surface area contributed by atoms with Gasteiger partial charge in [0.2, 0.25) is 0 Å². The first kappa shape index (κ1) is 14.9. The lowest BCUT2D eigenvalue weighted by atomic mass is 9.66. The second kappa shape index (κ2) is 9.54. The van der Waals surface area contributed by atoms with Gasteiger partial charge in [0.05, 0.1) is 26.0 Å². The molecule has 0 bridgehead atoms. The van der Waals surface area contributed by atoms with Crippen LogP contribution in [-0.2, 0) is 5.41 Å². The van der Waals surface area contributed by atoms with Gasteiger partial charge in [-0.2, -0.15) is 0 Å². The Balaban J connectivity index is 1.33. The SMILES string of the molecule is [2H]c1c([2H])c([2H])c2c(c1[2H])Oc1c([2H])c([2H])c(-c3ccc(-c4cccc5c4ccc4ccccc45)cc3)c([2H])c1C21c2c([2H])c([2H])c([2H])c([2H])c2-c2c([2H])c([2H])c([2H])c([2H])c21. The molecule has 0 saturated heterocycles. The maximum atomic E-state index is 10.0. The minimum absolute atomic E-state index is 0.122. The maximum absolute atomic E-state index is 10.0. The number of ether oxygens (including phenoxy) is 1. The Kier molecular flexibility index (Phi) is 3.09. The minimum Gasteiger partial charge on any atom is -0.457 e. The standard InChI is InChI=1S/C45H28O/c1-2-11-33-30(10-1)24-26-36-34(14-9-15-35(33)36)31-22-20-29(21-23-31)32-25-27-44-42(28-32)45(41-18-7-8-19-43(41)46-44)39-16-5-3-12-37(39)38-13-4-6-17-40(38)45/h1-28H/i3D,4D,5D,6D,7D,8D,12D,13D,16D,17D,18D,19D,25D,27D,28D. The predicted octanol–water partition coefficient (Wildman–Crippen LogP) is 11.8. The Hall–Kier alpha value is -5.92. The van der Waals surface area contributed by atoms with E-state index in [2.05, 4.69) is 6.07 Å². The molecule has 0 unspecified atom stereocenters. The number of fused-ring (bicyclic) bond motifs is 12. The van der Waals surface area contributed by atoms with E-state index in [1.165, 1.54) is 0 Å². The van der Waals surface area contributed by atoms with E-state index in [0.717, 1.165) is 32.7 Å². The first-order chi connectivity index (χ1) is 29.0. The minimum atomic E-state index is -2.52. The Labute approximate surface area is 289 Å². The number of hydrogen-bond acceptors (Lipinski definition) is 1. The molecule has 10 rings (SSSR count). The molecule has 1 aliphatic heterocycles. The Morgan fingerprint density at radius 3 is 1.87 bits per heavy atom. The summed E-state index contributed by atoms with van der Waals surface area (Å²) in [5.74, 6) is -1.11. The summed E-state index contributed by atoms with van der Waals surface area (Å²) in [6.07, 6.45) is 0. The quantitative estimate of drug-likeness (QED) is 0.180. The van der Waals surface area contributed by atoms with Crippen LogP contribution in [0.2, 0.25) is 0 Å². The van der Waals surface area contributed by atoms with E-state index in [1.54, 1.807) is 12.1 Å². The molecule has 1 spiro atoms. The van der Waals surface area contributed by atoms with Gasteiger partial charge in [0.1, 0.15) is 11.5 Å². The average molecular weight is 600 g/mol. The van der Waals surface area contributed by atoms with Crippen LogP contribution in [0.4, 0.5) is 0 Å². The summed E-state index contributed by atoms with van der Waals surface area (Å²) in [6.45, 7) is 0. The summed E-state index contributed by atoms with van der Waals surface area (Å²) in [4.78, 5) is 0. The van der Waals surface area contributed by atoms with Gasteiger partial charge in [0.25, 0.3) is 0 Å². The van der Waals surface area contributed by atoms with Crippen LogP contribution in [-0.4, -0.2) is 0 Å². The summed E-state index contributed by atoms with van der Waals surface area (Å²) in [6, 6.07) is 14.7. The zero-order valence-corrected chi connectivity index (χ0v) is 23.9. The Morgan fingerprint density at radius 1 is 0.413 bits per heavy atom. The van der Waals surface area contributed by atoms with Crippen LogP contribution < -0.4 is 4.74 Å². The molecule has 0 radical (unpaired) electrons. The smallest absolute Gasteiger partial charge is 0.132 e. The highest BCUT2D eigenvalue weighted by Crippen LogP contribution is 2.62. The lowest BCUT2D eigenvalue weighted by Gasteiger charge is -2.39. The first-order valence-electron chi connectivity index (χ1n) is 22.2. The first-order valence-corrected chi connectivity index (χ1v) is 14.7. The van der Waals surface area contributed by atoms with E-state index in [-0.39, 0.29) is 22.3 Å². The van der Waals surface area contributed by atoms with E-state index < -0.39 is 124 Å². The van der Waals surface area contributed by atoms with E-state index in [1.807, 2.05) is 60.7 Å². The molecule has 8 aromatic rings. The van der Waals surface area contributed by atoms with Crippen molar-refractivity contribution in [2.24, 2.45) is 0 Å². The third-order valence-corrected chi connectivity index (χ3v) is 9.03. The van der Waals surface area contributed by atoms with Crippen molar-refractivity contribution in [3.8, 4) is 44.9 Å². The zero-order valence-electron chi connectivity index (χ0n) is 38.9. The molecule has 8 aromatic carbocycles. The van der Waals surface area contributed by atoms with Gasteiger partial charge in [-0.3, -0.25) is 0 Å². The third-order valence-electron chi connectivity index (χ3n) is 9.03. The number of para-hydroxylation sites is 1. The topological polar surface area (TPSA) is 9.23 Å². The summed E-state index contributed by atoms with van der Waals surface area (Å²) in [5, 5.41) is 4.21. The van der Waals surface area contributed by atoms with Gasteiger partial charge < -0.3 is 4.74 Å². The monoisotopic (exact) mass is 599 g/mol. The molecule has 0 N–H and O–H groups in total. The molecule has 0 fully saturated rings. The molecule has 0 saturated carbocycles. The molecular weight excluding hydrogens is 556 g/mol. The molecule has 1 nitrogen and oxygen atoms in total. The molecule has 1 heteroatoms.